The van der Waals surface area contributed by atoms with E-state index in [-0.39, 0.29) is 28.9 Å². The number of sulfonamides is 1. The van der Waals surface area contributed by atoms with Crippen molar-refractivity contribution in [2.45, 2.75) is 23.4 Å². The van der Waals surface area contributed by atoms with Crippen LogP contribution in [0.4, 0.5) is 39.5 Å². The highest BCUT2D eigenvalue weighted by Gasteiger charge is 2.41. The van der Waals surface area contributed by atoms with Crippen molar-refractivity contribution in [1.82, 2.24) is 20.0 Å². The Kier molecular flexibility index (Phi) is 7.28. The number of aromatic nitrogens is 2. The van der Waals surface area contributed by atoms with Crippen LogP contribution in [0.25, 0.3) is 5.69 Å². The molecule has 2 N–H and O–H groups in total. The zero-order valence-corrected chi connectivity index (χ0v) is 19.0. The molecule has 0 spiro atoms. The molecule has 3 aromatic rings. The van der Waals surface area contributed by atoms with Crippen LogP contribution in [-0.2, 0) is 28.6 Å². The average molecular weight is 581 g/mol. The number of amides is 1. The largest absolute Gasteiger partial charge is 0.434 e. The minimum absolute atomic E-state index is 0.149. The van der Waals surface area contributed by atoms with Gasteiger partial charge in [-0.15, -0.1) is 4.83 Å². The molecule has 0 unspecified atom stereocenters. The predicted octanol–water partition coefficient (Wildman–Crippen LogP) is 5.21. The molecule has 200 valence electrons. The summed E-state index contributed by atoms with van der Waals surface area (Å²) in [5, 5.41) is 3.62. The summed E-state index contributed by atoms with van der Waals surface area (Å²) in [7, 11) is -5.33. The second kappa shape index (κ2) is 9.53. The van der Waals surface area contributed by atoms with E-state index in [4.69, 9.17) is 11.6 Å². The number of hydrogen-bond acceptors (Lipinski definition) is 4. The van der Waals surface area contributed by atoms with Crippen molar-refractivity contribution in [3.05, 3.63) is 76.1 Å². The molecule has 1 aromatic heterocycles. The smallest absolute Gasteiger partial charge is 0.273 e. The van der Waals surface area contributed by atoms with Crippen LogP contribution < -0.4 is 10.3 Å². The first-order valence-electron chi connectivity index (χ1n) is 9.33. The monoisotopic (exact) mass is 580 g/mol. The lowest BCUT2D eigenvalue weighted by Gasteiger charge is -2.15. The molecule has 7 nitrogen and oxygen atoms in total. The minimum Gasteiger partial charge on any atom is -0.273 e. The molecule has 0 fully saturated rings. The average Bonchev–Trinajstić information content (AvgIpc) is 3.22. The third kappa shape index (κ3) is 6.34. The summed E-state index contributed by atoms with van der Waals surface area (Å²) in [6, 6.07) is 4.06. The molecule has 0 saturated heterocycles. The summed E-state index contributed by atoms with van der Waals surface area (Å²) in [6.45, 7) is 0. The summed E-state index contributed by atoms with van der Waals surface area (Å²) in [6.07, 6.45) is -15.6. The second-order valence-electron chi connectivity index (χ2n) is 7.09. The number of alkyl halides is 9. The Hall–Kier alpha value is -3.31. The zero-order valence-electron chi connectivity index (χ0n) is 17.4. The molecule has 2 aromatic carbocycles. The van der Waals surface area contributed by atoms with Crippen LogP contribution in [0.15, 0.2) is 53.6 Å². The van der Waals surface area contributed by atoms with Crippen LogP contribution in [0.1, 0.15) is 27.2 Å². The molecular formula is C19H10ClF9N4O3S. The Morgan fingerprint density at radius 3 is 1.81 bits per heavy atom. The van der Waals surface area contributed by atoms with Gasteiger partial charge >= 0.3 is 18.5 Å². The lowest BCUT2D eigenvalue weighted by atomic mass is 10.1. The molecule has 0 aliphatic carbocycles. The first-order chi connectivity index (χ1) is 16.8. The van der Waals surface area contributed by atoms with Crippen LogP contribution in [-0.4, -0.2) is 24.1 Å². The topological polar surface area (TPSA) is 93.1 Å². The molecule has 0 saturated carbocycles. The van der Waals surface area contributed by atoms with E-state index in [2.05, 4.69) is 5.10 Å². The maximum Gasteiger partial charge on any atom is 0.434 e. The summed E-state index contributed by atoms with van der Waals surface area (Å²) in [5.41, 5.74) is -5.70. The van der Waals surface area contributed by atoms with E-state index in [9.17, 15) is 52.7 Å². The van der Waals surface area contributed by atoms with Gasteiger partial charge in [0.2, 0.25) is 0 Å². The third-order valence-electron chi connectivity index (χ3n) is 4.52. The van der Waals surface area contributed by atoms with E-state index in [1.807, 2.05) is 0 Å². The van der Waals surface area contributed by atoms with E-state index in [1.54, 1.807) is 0 Å². The van der Waals surface area contributed by atoms with Gasteiger partial charge in [-0.1, -0.05) is 11.6 Å². The number of halogens is 10. The van der Waals surface area contributed by atoms with Crippen LogP contribution in [0.2, 0.25) is 5.02 Å². The van der Waals surface area contributed by atoms with Crippen molar-refractivity contribution >= 4 is 27.5 Å². The van der Waals surface area contributed by atoms with Crippen molar-refractivity contribution in [2.24, 2.45) is 0 Å². The number of carbonyl (C=O) groups excluding carboxylic acids is 1. The standard InChI is InChI=1S/C19H10ClF9N4O3S/c20-11-1-3-12(4-2-11)33-15(19(27,28)29)14(8-30-33)16(34)31-32-37(35,36)13-6-9(17(21,22)23)5-10(7-13)18(24,25)26/h1-8,32H,(H,31,34). The fourth-order valence-corrected chi connectivity index (χ4v) is 3.92. The molecule has 0 radical (unpaired) electrons. The lowest BCUT2D eigenvalue weighted by molar-refractivity contribution is -0.144. The van der Waals surface area contributed by atoms with Crippen molar-refractivity contribution in [2.75, 3.05) is 0 Å². The van der Waals surface area contributed by atoms with E-state index in [1.165, 1.54) is 22.4 Å². The fourth-order valence-electron chi connectivity index (χ4n) is 2.89. The highest BCUT2D eigenvalue weighted by molar-refractivity contribution is 7.89. The number of benzene rings is 2. The second-order valence-corrected chi connectivity index (χ2v) is 9.21. The molecule has 0 aliphatic heterocycles. The number of carbonyl (C=O) groups is 1. The maximum atomic E-state index is 13.7. The van der Waals surface area contributed by atoms with Gasteiger partial charge in [0.25, 0.3) is 15.9 Å². The van der Waals surface area contributed by atoms with Crippen LogP contribution in [0, 0.1) is 0 Å². The van der Waals surface area contributed by atoms with Crippen LogP contribution in [0.3, 0.4) is 0 Å². The normalized spacial score (nSPS) is 13.0. The Bertz CT molecular complexity index is 1400. The zero-order chi connectivity index (χ0) is 28.0. The Morgan fingerprint density at radius 2 is 1.35 bits per heavy atom. The van der Waals surface area contributed by atoms with Gasteiger partial charge in [-0.2, -0.15) is 44.6 Å². The summed E-state index contributed by atoms with van der Waals surface area (Å²) in [4.78, 5) is 12.0. The molecule has 3 rings (SSSR count). The molecule has 0 bridgehead atoms. The van der Waals surface area contributed by atoms with E-state index >= 15 is 0 Å². The van der Waals surface area contributed by atoms with E-state index in [0.29, 0.717) is 10.9 Å². The highest BCUT2D eigenvalue weighted by atomic mass is 35.5. The van der Waals surface area contributed by atoms with E-state index in [0.717, 1.165) is 12.1 Å². The number of hydrazine groups is 1. The van der Waals surface area contributed by atoms with Crippen LogP contribution >= 0.6 is 11.6 Å². The van der Waals surface area contributed by atoms with E-state index < -0.39 is 61.7 Å². The van der Waals surface area contributed by atoms with Gasteiger partial charge in [0, 0.05) is 5.02 Å². The van der Waals surface area contributed by atoms with Crippen molar-refractivity contribution in [3.63, 3.8) is 0 Å². The first-order valence-corrected chi connectivity index (χ1v) is 11.2. The molecule has 1 heterocycles. The number of nitrogens with one attached hydrogen (secondary N) is 2. The SMILES string of the molecule is O=C(NNS(=O)(=O)c1cc(C(F)(F)F)cc(C(F)(F)F)c1)c1cnn(-c2ccc(Cl)cc2)c1C(F)(F)F. The number of nitrogens with zero attached hydrogens (tertiary/aromatic N) is 2. The Labute approximate surface area is 205 Å². The fraction of sp³-hybridized carbons (Fsp3) is 0.158. The lowest BCUT2D eigenvalue weighted by Crippen LogP contribution is -2.42. The highest BCUT2D eigenvalue weighted by Crippen LogP contribution is 2.37. The summed E-state index contributed by atoms with van der Waals surface area (Å²) < 4.78 is 144. The minimum atomic E-state index is -5.38. The molecule has 0 aliphatic rings. The van der Waals surface area contributed by atoms with Gasteiger partial charge in [0.15, 0.2) is 5.69 Å². The van der Waals surface area contributed by atoms with Gasteiger partial charge in [-0.25, -0.2) is 13.1 Å². The molecule has 0 atom stereocenters. The predicted molar refractivity (Wildman–Crippen MR) is 108 cm³/mol. The molecule has 37 heavy (non-hydrogen) atoms. The van der Waals surface area contributed by atoms with Gasteiger partial charge in [0.05, 0.1) is 33.5 Å². The Morgan fingerprint density at radius 1 is 0.838 bits per heavy atom. The maximum absolute atomic E-state index is 13.7. The van der Waals surface area contributed by atoms with Crippen molar-refractivity contribution in [1.29, 1.82) is 0 Å². The van der Waals surface area contributed by atoms with Gasteiger partial charge in [-0.05, 0) is 42.5 Å². The van der Waals surface area contributed by atoms with Gasteiger partial charge < -0.3 is 0 Å². The van der Waals surface area contributed by atoms with Gasteiger partial charge in [-0.3, -0.25) is 10.2 Å². The van der Waals surface area contributed by atoms with Crippen molar-refractivity contribution in [3.8, 4) is 5.69 Å². The van der Waals surface area contributed by atoms with Crippen LogP contribution in [0.5, 0.6) is 0 Å². The Balaban J connectivity index is 1.95. The third-order valence-corrected chi connectivity index (χ3v) is 6.00. The summed E-state index contributed by atoms with van der Waals surface area (Å²) >= 11 is 5.68. The first kappa shape index (κ1) is 28.3. The summed E-state index contributed by atoms with van der Waals surface area (Å²) in [5.74, 6) is -1.76. The quantitative estimate of drug-likeness (QED) is 0.320. The molecule has 18 heteroatoms. The molecule has 1 amide bonds. The van der Waals surface area contributed by atoms with Gasteiger partial charge in [0.1, 0.15) is 0 Å². The molecular weight excluding hydrogens is 571 g/mol. The van der Waals surface area contributed by atoms with Crippen molar-refractivity contribution < 1.29 is 52.7 Å². The number of rotatable bonds is 5. The number of hydrogen-bond donors (Lipinski definition) is 2.